The van der Waals surface area contributed by atoms with Crippen molar-refractivity contribution in [3.05, 3.63) is 0 Å². The van der Waals surface area contributed by atoms with Gasteiger partial charge in [0, 0.05) is 12.8 Å². The van der Waals surface area contributed by atoms with Crippen molar-refractivity contribution >= 4 is 11.9 Å². The molecule has 0 unspecified atom stereocenters. The van der Waals surface area contributed by atoms with Crippen LogP contribution in [0.15, 0.2) is 0 Å². The van der Waals surface area contributed by atoms with E-state index in [0.29, 0.717) is 12.8 Å². The summed E-state index contributed by atoms with van der Waals surface area (Å²) in [7, 11) is 0. The van der Waals surface area contributed by atoms with Crippen LogP contribution in [0.25, 0.3) is 0 Å². The molecule has 0 saturated carbocycles. The van der Waals surface area contributed by atoms with E-state index in [1.807, 2.05) is 0 Å². The summed E-state index contributed by atoms with van der Waals surface area (Å²) in [5.41, 5.74) is 0. The highest BCUT2D eigenvalue weighted by Crippen LogP contribution is 2.16. The van der Waals surface area contributed by atoms with Crippen LogP contribution in [0.3, 0.4) is 0 Å². The number of esters is 2. The Morgan fingerprint density at radius 1 is 0.476 bits per heavy atom. The monoisotopic (exact) mass is 597 g/mol. The van der Waals surface area contributed by atoms with Gasteiger partial charge in [-0.25, -0.2) is 0 Å². The molecular weight excluding hydrogens is 524 g/mol. The smallest absolute Gasteiger partial charge is 0.306 e. The topological polar surface area (TPSA) is 72.8 Å². The van der Waals surface area contributed by atoms with Crippen molar-refractivity contribution in [2.75, 3.05) is 13.2 Å². The van der Waals surface area contributed by atoms with Gasteiger partial charge in [-0.2, -0.15) is 0 Å². The summed E-state index contributed by atoms with van der Waals surface area (Å²) >= 11 is 0. The van der Waals surface area contributed by atoms with Gasteiger partial charge in [-0.1, -0.05) is 169 Å². The second-order valence-electron chi connectivity index (χ2n) is 13.6. The Labute approximate surface area is 261 Å². The Morgan fingerprint density at radius 2 is 0.786 bits per heavy atom. The Hall–Kier alpha value is -1.10. The van der Waals surface area contributed by atoms with Gasteiger partial charge in [-0.05, 0) is 24.7 Å². The predicted octanol–water partition coefficient (Wildman–Crippen LogP) is 10.9. The van der Waals surface area contributed by atoms with E-state index in [1.54, 1.807) is 0 Å². The minimum Gasteiger partial charge on any atom is -0.462 e. The molecule has 0 saturated heterocycles. The van der Waals surface area contributed by atoms with Crippen LogP contribution in [0, 0.1) is 11.8 Å². The van der Waals surface area contributed by atoms with Gasteiger partial charge < -0.3 is 14.6 Å². The fraction of sp³-hybridized carbons (Fsp3) is 0.946. The lowest BCUT2D eigenvalue weighted by molar-refractivity contribution is -0.161. The molecule has 42 heavy (non-hydrogen) atoms. The highest BCUT2D eigenvalue weighted by atomic mass is 16.6. The van der Waals surface area contributed by atoms with Crippen LogP contribution in [-0.2, 0) is 19.1 Å². The second-order valence-corrected chi connectivity index (χ2v) is 13.6. The summed E-state index contributed by atoms with van der Waals surface area (Å²) in [6, 6.07) is 0. The lowest BCUT2D eigenvalue weighted by Gasteiger charge is -2.15. The van der Waals surface area contributed by atoms with Gasteiger partial charge in [0.1, 0.15) is 6.61 Å². The average molecular weight is 597 g/mol. The van der Waals surface area contributed by atoms with E-state index in [1.165, 1.54) is 122 Å². The van der Waals surface area contributed by atoms with Gasteiger partial charge in [0.25, 0.3) is 0 Å². The highest BCUT2D eigenvalue weighted by molar-refractivity contribution is 5.70. The van der Waals surface area contributed by atoms with E-state index in [9.17, 15) is 14.7 Å². The first kappa shape index (κ1) is 40.9. The van der Waals surface area contributed by atoms with E-state index in [0.717, 1.165) is 43.9 Å². The number of hydrogen-bond acceptors (Lipinski definition) is 5. The first-order chi connectivity index (χ1) is 20.3. The molecule has 0 rings (SSSR count). The summed E-state index contributed by atoms with van der Waals surface area (Å²) in [5, 5.41) is 9.50. The molecule has 1 N–H and O–H groups in total. The lowest BCUT2D eigenvalue weighted by atomic mass is 10.0. The zero-order chi connectivity index (χ0) is 31.1. The molecule has 0 aromatic rings. The van der Waals surface area contributed by atoms with Crippen LogP contribution < -0.4 is 0 Å². The number of carbonyl (C=O) groups is 2. The van der Waals surface area contributed by atoms with Crippen LogP contribution in [-0.4, -0.2) is 36.4 Å². The SMILES string of the molecule is CC(C)CCCCCCCCCCCCCCCCCCC(=O)OC[C@H](CO)OC(=O)CCCCCCCCC(C)C. The zero-order valence-electron chi connectivity index (χ0n) is 28.6. The quantitative estimate of drug-likeness (QED) is 0.0617. The molecule has 250 valence electrons. The van der Waals surface area contributed by atoms with Crippen LogP contribution in [0.2, 0.25) is 0 Å². The fourth-order valence-corrected chi connectivity index (χ4v) is 5.45. The maximum atomic E-state index is 12.1. The van der Waals surface area contributed by atoms with E-state index < -0.39 is 6.10 Å². The van der Waals surface area contributed by atoms with Gasteiger partial charge in [0.15, 0.2) is 6.10 Å². The number of aliphatic hydroxyl groups excluding tert-OH is 1. The van der Waals surface area contributed by atoms with Crippen molar-refractivity contribution in [2.24, 2.45) is 11.8 Å². The van der Waals surface area contributed by atoms with Crippen LogP contribution in [0.1, 0.15) is 195 Å². The molecule has 5 nitrogen and oxygen atoms in total. The van der Waals surface area contributed by atoms with Gasteiger partial charge in [-0.3, -0.25) is 9.59 Å². The van der Waals surface area contributed by atoms with E-state index in [-0.39, 0.29) is 25.2 Å². The van der Waals surface area contributed by atoms with Crippen molar-refractivity contribution in [3.8, 4) is 0 Å². The summed E-state index contributed by atoms with van der Waals surface area (Å²) in [4.78, 5) is 24.1. The molecule has 5 heteroatoms. The molecule has 0 amide bonds. The average Bonchev–Trinajstić information content (AvgIpc) is 2.95. The summed E-state index contributed by atoms with van der Waals surface area (Å²) in [6.07, 6.45) is 30.4. The van der Waals surface area contributed by atoms with Crippen LogP contribution in [0.5, 0.6) is 0 Å². The Balaban J connectivity index is 3.48. The van der Waals surface area contributed by atoms with Crippen LogP contribution in [0.4, 0.5) is 0 Å². The Bertz CT molecular complexity index is 589. The van der Waals surface area contributed by atoms with Crippen molar-refractivity contribution in [1.82, 2.24) is 0 Å². The van der Waals surface area contributed by atoms with Crippen molar-refractivity contribution in [3.63, 3.8) is 0 Å². The van der Waals surface area contributed by atoms with E-state index in [4.69, 9.17) is 9.47 Å². The number of rotatable bonds is 32. The molecule has 0 aliphatic rings. The van der Waals surface area contributed by atoms with Crippen molar-refractivity contribution in [2.45, 2.75) is 201 Å². The molecule has 0 aromatic heterocycles. The molecular formula is C37H72O5. The molecule has 0 aromatic carbocycles. The minimum absolute atomic E-state index is 0.0602. The molecule has 1 atom stereocenters. The third-order valence-corrected chi connectivity index (χ3v) is 8.26. The molecule has 0 heterocycles. The molecule has 0 bridgehead atoms. The molecule has 0 radical (unpaired) electrons. The standard InChI is InChI=1S/C37H72O5/c1-33(2)27-23-19-15-13-11-9-7-5-6-8-10-12-14-16-21-25-29-36(39)41-32-35(31-38)42-37(40)30-26-22-18-17-20-24-28-34(3)4/h33-35,38H,5-32H2,1-4H3/t35-/m0/s1. The predicted molar refractivity (Wildman–Crippen MR) is 178 cm³/mol. The van der Waals surface area contributed by atoms with Gasteiger partial charge in [-0.15, -0.1) is 0 Å². The molecule has 0 fully saturated rings. The van der Waals surface area contributed by atoms with Gasteiger partial charge in [0.2, 0.25) is 0 Å². The number of aliphatic hydroxyl groups is 1. The number of hydrogen-bond donors (Lipinski definition) is 1. The Kier molecular flexibility index (Phi) is 30.5. The number of carbonyl (C=O) groups excluding carboxylic acids is 2. The van der Waals surface area contributed by atoms with E-state index in [2.05, 4.69) is 27.7 Å². The maximum Gasteiger partial charge on any atom is 0.306 e. The highest BCUT2D eigenvalue weighted by Gasteiger charge is 2.16. The fourth-order valence-electron chi connectivity index (χ4n) is 5.45. The largest absolute Gasteiger partial charge is 0.462 e. The van der Waals surface area contributed by atoms with Gasteiger partial charge in [0.05, 0.1) is 6.61 Å². The first-order valence-electron chi connectivity index (χ1n) is 18.3. The van der Waals surface area contributed by atoms with Gasteiger partial charge >= 0.3 is 11.9 Å². The number of unbranched alkanes of at least 4 members (excludes halogenated alkanes) is 20. The molecule has 0 aliphatic carbocycles. The van der Waals surface area contributed by atoms with E-state index >= 15 is 0 Å². The lowest BCUT2D eigenvalue weighted by Crippen LogP contribution is -2.28. The summed E-state index contributed by atoms with van der Waals surface area (Å²) < 4.78 is 10.6. The molecule has 0 aliphatic heterocycles. The summed E-state index contributed by atoms with van der Waals surface area (Å²) in [5.74, 6) is 1.05. The van der Waals surface area contributed by atoms with Crippen molar-refractivity contribution in [1.29, 1.82) is 0 Å². The second kappa shape index (κ2) is 31.3. The third kappa shape index (κ3) is 31.8. The van der Waals surface area contributed by atoms with Crippen molar-refractivity contribution < 1.29 is 24.2 Å². The maximum absolute atomic E-state index is 12.1. The zero-order valence-corrected chi connectivity index (χ0v) is 28.6. The first-order valence-corrected chi connectivity index (χ1v) is 18.3. The van der Waals surface area contributed by atoms with Crippen LogP contribution >= 0.6 is 0 Å². The number of ether oxygens (including phenoxy) is 2. The molecule has 0 spiro atoms. The third-order valence-electron chi connectivity index (χ3n) is 8.26. The normalized spacial score (nSPS) is 12.3. The minimum atomic E-state index is -0.762. The Morgan fingerprint density at radius 3 is 1.12 bits per heavy atom. The summed E-state index contributed by atoms with van der Waals surface area (Å²) in [6.45, 7) is 8.77.